The predicted molar refractivity (Wildman–Crippen MR) is 81.0 cm³/mol. The van der Waals surface area contributed by atoms with Gasteiger partial charge in [-0.1, -0.05) is 0 Å². The van der Waals surface area contributed by atoms with Crippen molar-refractivity contribution in [2.75, 3.05) is 25.5 Å². The van der Waals surface area contributed by atoms with Crippen LogP contribution in [-0.2, 0) is 0 Å². The monoisotopic (exact) mass is 276 g/mol. The number of aromatic nitrogens is 1. The standard InChI is InChI=1S/C15H24N4O/c1-4-16-14-13(6-5-9-17-14)15(20)18-10-11(2)19(3)12-7-8-12/h5-6,9,11-12H,4,7-8,10H2,1-3H3,(H,16,17)(H,18,20). The smallest absolute Gasteiger partial charge is 0.255 e. The minimum absolute atomic E-state index is 0.0647. The van der Waals surface area contributed by atoms with E-state index in [1.54, 1.807) is 18.3 Å². The van der Waals surface area contributed by atoms with Gasteiger partial charge in [-0.15, -0.1) is 0 Å². The molecule has 1 heterocycles. The van der Waals surface area contributed by atoms with Gasteiger partial charge in [0.2, 0.25) is 0 Å². The number of carbonyl (C=O) groups excluding carboxylic acids is 1. The first kappa shape index (κ1) is 14.8. The highest BCUT2D eigenvalue weighted by Crippen LogP contribution is 2.26. The lowest BCUT2D eigenvalue weighted by molar-refractivity contribution is 0.0940. The van der Waals surface area contributed by atoms with Gasteiger partial charge < -0.3 is 10.6 Å². The van der Waals surface area contributed by atoms with Crippen LogP contribution in [0.3, 0.4) is 0 Å². The predicted octanol–water partition coefficient (Wildman–Crippen LogP) is 1.73. The maximum absolute atomic E-state index is 12.2. The Kier molecular flexibility index (Phi) is 4.95. The molecule has 0 aliphatic heterocycles. The normalized spacial score (nSPS) is 16.0. The first-order valence-electron chi connectivity index (χ1n) is 7.32. The second kappa shape index (κ2) is 6.70. The van der Waals surface area contributed by atoms with Crippen molar-refractivity contribution in [3.05, 3.63) is 23.9 Å². The average molecular weight is 276 g/mol. The molecule has 1 unspecified atom stereocenters. The molecule has 110 valence electrons. The van der Waals surface area contributed by atoms with Crippen LogP contribution >= 0.6 is 0 Å². The van der Waals surface area contributed by atoms with Crippen LogP contribution in [0.4, 0.5) is 5.82 Å². The van der Waals surface area contributed by atoms with E-state index in [-0.39, 0.29) is 5.91 Å². The van der Waals surface area contributed by atoms with Crippen LogP contribution in [-0.4, -0.2) is 48.0 Å². The third kappa shape index (κ3) is 3.70. The largest absolute Gasteiger partial charge is 0.370 e. The van der Waals surface area contributed by atoms with E-state index in [1.165, 1.54) is 12.8 Å². The van der Waals surface area contributed by atoms with Crippen molar-refractivity contribution >= 4 is 11.7 Å². The van der Waals surface area contributed by atoms with E-state index in [1.807, 2.05) is 6.92 Å². The van der Waals surface area contributed by atoms with Gasteiger partial charge in [0.1, 0.15) is 5.82 Å². The zero-order valence-electron chi connectivity index (χ0n) is 12.5. The van der Waals surface area contributed by atoms with Crippen LogP contribution in [0.1, 0.15) is 37.0 Å². The fourth-order valence-electron chi connectivity index (χ4n) is 2.22. The molecule has 2 N–H and O–H groups in total. The summed E-state index contributed by atoms with van der Waals surface area (Å²) in [6.07, 6.45) is 4.25. The van der Waals surface area contributed by atoms with Crippen LogP contribution in [0.25, 0.3) is 0 Å². The molecular weight excluding hydrogens is 252 g/mol. The highest BCUT2D eigenvalue weighted by atomic mass is 16.1. The average Bonchev–Trinajstić information content (AvgIpc) is 3.29. The molecule has 1 aliphatic carbocycles. The Labute approximate surface area is 120 Å². The quantitative estimate of drug-likeness (QED) is 0.796. The molecule has 0 radical (unpaired) electrons. The third-order valence-electron chi connectivity index (χ3n) is 3.77. The van der Waals surface area contributed by atoms with Gasteiger partial charge in [-0.2, -0.15) is 0 Å². The fraction of sp³-hybridized carbons (Fsp3) is 0.600. The molecule has 5 heteroatoms. The molecule has 0 aromatic carbocycles. The molecule has 1 amide bonds. The molecule has 2 rings (SSSR count). The number of nitrogens with one attached hydrogen (secondary N) is 2. The Morgan fingerprint density at radius 3 is 2.95 bits per heavy atom. The molecular formula is C15H24N4O. The molecule has 1 aromatic heterocycles. The molecule has 1 aromatic rings. The van der Waals surface area contributed by atoms with Crippen molar-refractivity contribution in [1.82, 2.24) is 15.2 Å². The SMILES string of the molecule is CCNc1ncccc1C(=O)NCC(C)N(C)C1CC1. The maximum atomic E-state index is 12.2. The summed E-state index contributed by atoms with van der Waals surface area (Å²) in [4.78, 5) is 18.8. The van der Waals surface area contributed by atoms with Gasteiger partial charge in [-0.25, -0.2) is 4.98 Å². The molecule has 5 nitrogen and oxygen atoms in total. The lowest BCUT2D eigenvalue weighted by Gasteiger charge is -2.24. The summed E-state index contributed by atoms with van der Waals surface area (Å²) in [5, 5.41) is 6.11. The van der Waals surface area contributed by atoms with E-state index in [4.69, 9.17) is 0 Å². The lowest BCUT2D eigenvalue weighted by atomic mass is 10.2. The summed E-state index contributed by atoms with van der Waals surface area (Å²) in [5.41, 5.74) is 0.607. The topological polar surface area (TPSA) is 57.3 Å². The van der Waals surface area contributed by atoms with Crippen molar-refractivity contribution in [1.29, 1.82) is 0 Å². The van der Waals surface area contributed by atoms with E-state index >= 15 is 0 Å². The Morgan fingerprint density at radius 1 is 1.55 bits per heavy atom. The van der Waals surface area contributed by atoms with Crippen LogP contribution in [0.5, 0.6) is 0 Å². The molecule has 1 aliphatic rings. The molecule has 0 saturated heterocycles. The Balaban J connectivity index is 1.91. The highest BCUT2D eigenvalue weighted by Gasteiger charge is 2.29. The van der Waals surface area contributed by atoms with Crippen molar-refractivity contribution in [3.63, 3.8) is 0 Å². The van der Waals surface area contributed by atoms with Crippen LogP contribution in [0, 0.1) is 0 Å². The third-order valence-corrected chi connectivity index (χ3v) is 3.77. The van der Waals surface area contributed by atoms with E-state index in [2.05, 4.69) is 34.5 Å². The van der Waals surface area contributed by atoms with Gasteiger partial charge in [-0.05, 0) is 45.9 Å². The van der Waals surface area contributed by atoms with Gasteiger partial charge in [0.15, 0.2) is 0 Å². The number of likely N-dealkylation sites (N-methyl/N-ethyl adjacent to an activating group) is 1. The molecule has 1 fully saturated rings. The molecule has 0 bridgehead atoms. The van der Waals surface area contributed by atoms with E-state index in [9.17, 15) is 4.79 Å². The van der Waals surface area contributed by atoms with Crippen molar-refractivity contribution in [2.24, 2.45) is 0 Å². The Bertz CT molecular complexity index is 459. The lowest BCUT2D eigenvalue weighted by Crippen LogP contribution is -2.41. The second-order valence-corrected chi connectivity index (χ2v) is 5.39. The fourth-order valence-corrected chi connectivity index (χ4v) is 2.22. The number of anilines is 1. The summed E-state index contributed by atoms with van der Waals surface area (Å²) in [7, 11) is 2.13. The molecule has 0 spiro atoms. The Hall–Kier alpha value is -1.62. The number of nitrogens with zero attached hydrogens (tertiary/aromatic N) is 2. The summed E-state index contributed by atoms with van der Waals surface area (Å²) in [6.45, 7) is 5.54. The first-order valence-corrected chi connectivity index (χ1v) is 7.32. The van der Waals surface area contributed by atoms with E-state index in [0.717, 1.165) is 6.54 Å². The number of hydrogen-bond donors (Lipinski definition) is 2. The van der Waals surface area contributed by atoms with Gasteiger partial charge in [0.05, 0.1) is 5.56 Å². The minimum Gasteiger partial charge on any atom is -0.370 e. The molecule has 1 atom stereocenters. The van der Waals surface area contributed by atoms with Crippen molar-refractivity contribution < 1.29 is 4.79 Å². The molecule has 1 saturated carbocycles. The zero-order valence-corrected chi connectivity index (χ0v) is 12.5. The number of hydrogen-bond acceptors (Lipinski definition) is 4. The van der Waals surface area contributed by atoms with Crippen molar-refractivity contribution in [3.8, 4) is 0 Å². The number of amides is 1. The Morgan fingerprint density at radius 2 is 2.30 bits per heavy atom. The summed E-state index contributed by atoms with van der Waals surface area (Å²) in [5.74, 6) is 0.584. The first-order chi connectivity index (χ1) is 9.63. The van der Waals surface area contributed by atoms with E-state index in [0.29, 0.717) is 30.0 Å². The van der Waals surface area contributed by atoms with Crippen LogP contribution in [0.2, 0.25) is 0 Å². The zero-order chi connectivity index (χ0) is 14.5. The van der Waals surface area contributed by atoms with Gasteiger partial charge >= 0.3 is 0 Å². The van der Waals surface area contributed by atoms with Crippen LogP contribution < -0.4 is 10.6 Å². The van der Waals surface area contributed by atoms with Gasteiger partial charge in [-0.3, -0.25) is 9.69 Å². The van der Waals surface area contributed by atoms with Crippen LogP contribution in [0.15, 0.2) is 18.3 Å². The number of pyridine rings is 1. The number of carbonyl (C=O) groups is 1. The van der Waals surface area contributed by atoms with Gasteiger partial charge in [0.25, 0.3) is 5.91 Å². The van der Waals surface area contributed by atoms with Gasteiger partial charge in [0, 0.05) is 31.4 Å². The summed E-state index contributed by atoms with van der Waals surface area (Å²) >= 11 is 0. The molecule has 20 heavy (non-hydrogen) atoms. The summed E-state index contributed by atoms with van der Waals surface area (Å²) in [6, 6.07) is 4.65. The maximum Gasteiger partial charge on any atom is 0.255 e. The van der Waals surface area contributed by atoms with Crippen molar-refractivity contribution in [2.45, 2.75) is 38.8 Å². The number of rotatable bonds is 7. The van der Waals surface area contributed by atoms with E-state index < -0.39 is 0 Å². The second-order valence-electron chi connectivity index (χ2n) is 5.39. The minimum atomic E-state index is -0.0647. The highest BCUT2D eigenvalue weighted by molar-refractivity contribution is 5.98. The summed E-state index contributed by atoms with van der Waals surface area (Å²) < 4.78 is 0.